The molecule has 1 aliphatic rings. The Bertz CT molecular complexity index is 1040. The van der Waals surface area contributed by atoms with E-state index in [4.69, 9.17) is 14.6 Å². The highest BCUT2D eigenvalue weighted by Crippen LogP contribution is 2.30. The zero-order chi connectivity index (χ0) is 18.6. The molecule has 0 N–H and O–H groups in total. The highest BCUT2D eigenvalue weighted by Gasteiger charge is 2.11. The van der Waals surface area contributed by atoms with E-state index in [0.29, 0.717) is 19.8 Å². The van der Waals surface area contributed by atoms with Gasteiger partial charge in [-0.05, 0) is 42.8 Å². The number of thiazole rings is 1. The van der Waals surface area contributed by atoms with Gasteiger partial charge >= 0.3 is 0 Å². The lowest BCUT2D eigenvalue weighted by molar-refractivity contribution is 0.171. The van der Waals surface area contributed by atoms with Crippen molar-refractivity contribution in [1.82, 2.24) is 4.68 Å². The third-order valence-corrected chi connectivity index (χ3v) is 5.39. The zero-order valence-corrected chi connectivity index (χ0v) is 17.2. The lowest BCUT2D eigenvalue weighted by atomic mass is 10.2. The Morgan fingerprint density at radius 1 is 1.11 bits per heavy atom. The van der Waals surface area contributed by atoms with Gasteiger partial charge in [-0.25, -0.2) is 4.68 Å². The first-order valence-corrected chi connectivity index (χ1v) is 10.3. The molecule has 0 radical (unpaired) electrons. The number of fused-ring (bicyclic) bond motifs is 1. The second-order valence-corrected chi connectivity index (χ2v) is 7.60. The van der Waals surface area contributed by atoms with Crippen LogP contribution in [0.15, 0.2) is 62.4 Å². The molecule has 0 aliphatic carbocycles. The lowest BCUT2D eigenvalue weighted by Crippen LogP contribution is -2.15. The predicted molar refractivity (Wildman–Crippen MR) is 112 cm³/mol. The Balaban J connectivity index is 1.72. The van der Waals surface area contributed by atoms with Crippen molar-refractivity contribution in [3.05, 3.63) is 62.7 Å². The SMILES string of the molecule is CCN=c1scc(-c2ccc(Br)cc2)n1N=Cc1ccc2c(c1)OCCO2. The number of hydrogen-bond donors (Lipinski definition) is 0. The average molecular weight is 444 g/mol. The van der Waals surface area contributed by atoms with Gasteiger partial charge in [-0.1, -0.05) is 28.1 Å². The van der Waals surface area contributed by atoms with Crippen LogP contribution in [0.3, 0.4) is 0 Å². The maximum atomic E-state index is 5.65. The fraction of sp³-hybridized carbons (Fsp3) is 0.200. The van der Waals surface area contributed by atoms with E-state index in [9.17, 15) is 0 Å². The van der Waals surface area contributed by atoms with Crippen LogP contribution in [0.2, 0.25) is 0 Å². The fourth-order valence-electron chi connectivity index (χ4n) is 2.74. The Morgan fingerprint density at radius 3 is 2.67 bits per heavy atom. The zero-order valence-electron chi connectivity index (χ0n) is 14.8. The van der Waals surface area contributed by atoms with Crippen LogP contribution in [0.1, 0.15) is 12.5 Å². The summed E-state index contributed by atoms with van der Waals surface area (Å²) in [6.45, 7) is 3.89. The molecule has 2 aromatic carbocycles. The summed E-state index contributed by atoms with van der Waals surface area (Å²) in [5.74, 6) is 1.53. The Labute approximate surface area is 169 Å². The molecule has 7 heteroatoms. The van der Waals surface area contributed by atoms with Crippen molar-refractivity contribution in [3.63, 3.8) is 0 Å². The molecular weight excluding hydrogens is 426 g/mol. The minimum atomic E-state index is 0.570. The monoisotopic (exact) mass is 443 g/mol. The number of rotatable bonds is 4. The van der Waals surface area contributed by atoms with Gasteiger partial charge in [-0.3, -0.25) is 4.99 Å². The third kappa shape index (κ3) is 3.99. The minimum Gasteiger partial charge on any atom is -0.486 e. The molecule has 0 saturated carbocycles. The standard InChI is InChI=1S/C20H18BrN3O2S/c1-2-22-20-24(17(13-27-20)15-4-6-16(21)7-5-15)23-12-14-3-8-18-19(11-14)26-10-9-25-18/h3-8,11-13H,2,9-10H2,1H3. The lowest BCUT2D eigenvalue weighted by Gasteiger charge is -2.18. The molecular formula is C20H18BrN3O2S. The Morgan fingerprint density at radius 2 is 1.89 bits per heavy atom. The first-order chi connectivity index (χ1) is 13.2. The van der Waals surface area contributed by atoms with E-state index in [2.05, 4.69) is 38.4 Å². The first kappa shape index (κ1) is 18.0. The van der Waals surface area contributed by atoms with Gasteiger partial charge in [0, 0.05) is 22.0 Å². The molecule has 0 amide bonds. The van der Waals surface area contributed by atoms with Crippen LogP contribution >= 0.6 is 27.3 Å². The van der Waals surface area contributed by atoms with Crippen LogP contribution in [-0.2, 0) is 0 Å². The summed E-state index contributed by atoms with van der Waals surface area (Å²) in [5.41, 5.74) is 3.04. The number of nitrogens with zero attached hydrogens (tertiary/aromatic N) is 3. The summed E-state index contributed by atoms with van der Waals surface area (Å²) in [6, 6.07) is 14.0. The summed E-state index contributed by atoms with van der Waals surface area (Å²) < 4.78 is 14.2. The Hall–Kier alpha value is -2.38. The van der Waals surface area contributed by atoms with E-state index in [0.717, 1.165) is 37.6 Å². The van der Waals surface area contributed by atoms with Crippen molar-refractivity contribution in [2.24, 2.45) is 10.1 Å². The van der Waals surface area contributed by atoms with E-state index in [1.54, 1.807) is 11.3 Å². The molecule has 0 atom stereocenters. The molecule has 0 unspecified atom stereocenters. The molecule has 0 saturated heterocycles. The van der Waals surface area contributed by atoms with Crippen molar-refractivity contribution in [2.45, 2.75) is 6.92 Å². The molecule has 138 valence electrons. The van der Waals surface area contributed by atoms with Crippen LogP contribution in [0.4, 0.5) is 0 Å². The molecule has 0 fully saturated rings. The van der Waals surface area contributed by atoms with Crippen LogP contribution in [0, 0.1) is 0 Å². The van der Waals surface area contributed by atoms with Gasteiger partial charge in [-0.15, -0.1) is 11.3 Å². The Kier molecular flexibility index (Phi) is 5.40. The smallest absolute Gasteiger partial charge is 0.206 e. The second-order valence-electron chi connectivity index (χ2n) is 5.84. The minimum absolute atomic E-state index is 0.570. The topological polar surface area (TPSA) is 48.1 Å². The van der Waals surface area contributed by atoms with Gasteiger partial charge in [0.2, 0.25) is 4.80 Å². The van der Waals surface area contributed by atoms with Crippen molar-refractivity contribution in [2.75, 3.05) is 19.8 Å². The number of ether oxygens (including phenoxy) is 2. The summed E-state index contributed by atoms with van der Waals surface area (Å²) in [4.78, 5) is 5.43. The van der Waals surface area contributed by atoms with E-state index < -0.39 is 0 Å². The second kappa shape index (κ2) is 8.10. The van der Waals surface area contributed by atoms with Gasteiger partial charge in [0.15, 0.2) is 11.5 Å². The summed E-state index contributed by atoms with van der Waals surface area (Å²) in [5, 5.41) is 6.79. The van der Waals surface area contributed by atoms with E-state index in [1.807, 2.05) is 48.1 Å². The van der Waals surface area contributed by atoms with Crippen LogP contribution in [-0.4, -0.2) is 30.6 Å². The van der Waals surface area contributed by atoms with E-state index in [-0.39, 0.29) is 0 Å². The van der Waals surface area contributed by atoms with Crippen molar-refractivity contribution in [1.29, 1.82) is 0 Å². The van der Waals surface area contributed by atoms with Gasteiger partial charge in [0.25, 0.3) is 0 Å². The first-order valence-electron chi connectivity index (χ1n) is 8.65. The largest absolute Gasteiger partial charge is 0.486 e. The third-order valence-electron chi connectivity index (χ3n) is 4.01. The number of hydrogen-bond acceptors (Lipinski definition) is 5. The van der Waals surface area contributed by atoms with Gasteiger partial charge in [0.05, 0.1) is 11.9 Å². The van der Waals surface area contributed by atoms with Gasteiger partial charge in [-0.2, -0.15) is 5.10 Å². The van der Waals surface area contributed by atoms with E-state index in [1.165, 1.54) is 0 Å². The molecule has 0 bridgehead atoms. The van der Waals surface area contributed by atoms with Crippen LogP contribution < -0.4 is 14.3 Å². The van der Waals surface area contributed by atoms with Crippen molar-refractivity contribution >= 4 is 33.5 Å². The number of aromatic nitrogens is 1. The fourth-order valence-corrected chi connectivity index (χ4v) is 3.90. The molecule has 1 aromatic heterocycles. The van der Waals surface area contributed by atoms with Crippen LogP contribution in [0.25, 0.3) is 11.3 Å². The highest BCUT2D eigenvalue weighted by molar-refractivity contribution is 9.10. The summed E-state index contributed by atoms with van der Waals surface area (Å²) in [7, 11) is 0. The molecule has 27 heavy (non-hydrogen) atoms. The molecule has 0 spiro atoms. The summed E-state index contributed by atoms with van der Waals surface area (Å²) >= 11 is 5.07. The molecule has 3 aromatic rings. The highest BCUT2D eigenvalue weighted by atomic mass is 79.9. The summed E-state index contributed by atoms with van der Waals surface area (Å²) in [6.07, 6.45) is 1.82. The molecule has 4 rings (SSSR count). The number of benzene rings is 2. The normalized spacial score (nSPS) is 14.1. The van der Waals surface area contributed by atoms with Crippen molar-refractivity contribution in [3.8, 4) is 22.8 Å². The van der Waals surface area contributed by atoms with Crippen molar-refractivity contribution < 1.29 is 9.47 Å². The maximum Gasteiger partial charge on any atom is 0.206 e. The van der Waals surface area contributed by atoms with Gasteiger partial charge in [0.1, 0.15) is 13.2 Å². The van der Waals surface area contributed by atoms with E-state index >= 15 is 0 Å². The maximum absolute atomic E-state index is 5.65. The molecule has 1 aliphatic heterocycles. The molecule has 2 heterocycles. The molecule has 5 nitrogen and oxygen atoms in total. The number of halogens is 1. The quantitative estimate of drug-likeness (QED) is 0.555. The average Bonchev–Trinajstić information content (AvgIpc) is 3.09. The van der Waals surface area contributed by atoms with Crippen LogP contribution in [0.5, 0.6) is 11.5 Å². The predicted octanol–water partition coefficient (Wildman–Crippen LogP) is 4.55. The van der Waals surface area contributed by atoms with Gasteiger partial charge < -0.3 is 9.47 Å².